The molecule has 0 bridgehead atoms. The van der Waals surface area contributed by atoms with E-state index in [-0.39, 0.29) is 5.91 Å². The van der Waals surface area contributed by atoms with Gasteiger partial charge in [-0.15, -0.1) is 0 Å². The number of rotatable bonds is 4. The molecule has 116 valence electrons. The smallest absolute Gasteiger partial charge is 0.255 e. The maximum absolute atomic E-state index is 12.5. The van der Waals surface area contributed by atoms with Crippen molar-refractivity contribution in [3.05, 3.63) is 59.4 Å². The summed E-state index contributed by atoms with van der Waals surface area (Å²) < 4.78 is 0. The zero-order valence-corrected chi connectivity index (χ0v) is 13.2. The van der Waals surface area contributed by atoms with Gasteiger partial charge >= 0.3 is 0 Å². The highest BCUT2D eigenvalue weighted by Gasteiger charge is 2.24. The number of nitrogens with zero attached hydrogens (tertiary/aromatic N) is 1. The van der Waals surface area contributed by atoms with Crippen molar-refractivity contribution in [2.45, 2.75) is 32.6 Å². The molecule has 3 rings (SSSR count). The first-order chi connectivity index (χ1) is 10.7. The predicted molar refractivity (Wildman–Crippen MR) is 88.9 cm³/mol. The van der Waals surface area contributed by atoms with Crippen LogP contribution in [0.3, 0.4) is 0 Å². The van der Waals surface area contributed by atoms with Gasteiger partial charge in [-0.3, -0.25) is 4.79 Å². The summed E-state index contributed by atoms with van der Waals surface area (Å²) in [6.45, 7) is 3.74. The Labute approximate surface area is 132 Å². The summed E-state index contributed by atoms with van der Waals surface area (Å²) in [6, 6.07) is 12.6. The minimum absolute atomic E-state index is 0.181. The fourth-order valence-electron chi connectivity index (χ4n) is 3.29. The van der Waals surface area contributed by atoms with Crippen LogP contribution in [0.5, 0.6) is 0 Å². The molecule has 2 heterocycles. The van der Waals surface area contributed by atoms with E-state index in [0.717, 1.165) is 49.5 Å². The molecule has 1 aromatic heterocycles. The molecule has 1 saturated heterocycles. The van der Waals surface area contributed by atoms with Gasteiger partial charge in [0.05, 0.1) is 5.56 Å². The normalized spacial score (nSPS) is 16.0. The van der Waals surface area contributed by atoms with Crippen molar-refractivity contribution in [3.63, 3.8) is 0 Å². The number of benzene rings is 1. The van der Waals surface area contributed by atoms with Gasteiger partial charge in [-0.25, -0.2) is 0 Å². The Morgan fingerprint density at radius 2 is 1.91 bits per heavy atom. The number of carbonyl (C=O) groups excluding carboxylic acids is 1. The molecular formula is C19H24N2O. The minimum atomic E-state index is 0.181. The van der Waals surface area contributed by atoms with Crippen LogP contribution in [0, 0.1) is 12.8 Å². The lowest BCUT2D eigenvalue weighted by Crippen LogP contribution is -2.38. The highest BCUT2D eigenvalue weighted by Crippen LogP contribution is 2.24. The number of amides is 1. The molecule has 0 aliphatic carbocycles. The summed E-state index contributed by atoms with van der Waals surface area (Å²) in [7, 11) is 0. The van der Waals surface area contributed by atoms with Gasteiger partial charge in [-0.2, -0.15) is 0 Å². The fraction of sp³-hybridized carbons (Fsp3) is 0.421. The van der Waals surface area contributed by atoms with Gasteiger partial charge < -0.3 is 9.88 Å². The van der Waals surface area contributed by atoms with Crippen molar-refractivity contribution in [2.24, 2.45) is 5.92 Å². The van der Waals surface area contributed by atoms with Crippen LogP contribution in [0.25, 0.3) is 0 Å². The number of aromatic nitrogens is 1. The van der Waals surface area contributed by atoms with Crippen molar-refractivity contribution in [1.82, 2.24) is 9.88 Å². The molecule has 1 amide bonds. The third kappa shape index (κ3) is 3.41. The maximum Gasteiger partial charge on any atom is 0.255 e. The topological polar surface area (TPSA) is 36.1 Å². The Bertz CT molecular complexity index is 609. The third-order valence-corrected chi connectivity index (χ3v) is 4.77. The van der Waals surface area contributed by atoms with Crippen LogP contribution in [0.2, 0.25) is 0 Å². The second-order valence-corrected chi connectivity index (χ2v) is 6.28. The summed E-state index contributed by atoms with van der Waals surface area (Å²) in [5.41, 5.74) is 3.21. The molecule has 22 heavy (non-hydrogen) atoms. The molecule has 0 unspecified atom stereocenters. The van der Waals surface area contributed by atoms with Crippen LogP contribution in [0.1, 0.15) is 40.9 Å². The molecule has 1 aliphatic heterocycles. The molecule has 1 N–H and O–H groups in total. The first-order valence-corrected chi connectivity index (χ1v) is 8.21. The van der Waals surface area contributed by atoms with E-state index in [0.29, 0.717) is 0 Å². The van der Waals surface area contributed by atoms with E-state index >= 15 is 0 Å². The average Bonchev–Trinajstić information content (AvgIpc) is 3.00. The largest absolute Gasteiger partial charge is 0.365 e. The lowest BCUT2D eigenvalue weighted by atomic mass is 9.90. The zero-order valence-electron chi connectivity index (χ0n) is 13.2. The Balaban J connectivity index is 1.48. The van der Waals surface area contributed by atoms with Crippen molar-refractivity contribution in [3.8, 4) is 0 Å². The van der Waals surface area contributed by atoms with Crippen molar-refractivity contribution >= 4 is 5.91 Å². The molecule has 1 aromatic carbocycles. The van der Waals surface area contributed by atoms with Crippen LogP contribution in [-0.4, -0.2) is 28.9 Å². The first-order valence-electron chi connectivity index (χ1n) is 8.21. The van der Waals surface area contributed by atoms with Gasteiger partial charge in [0.1, 0.15) is 0 Å². The van der Waals surface area contributed by atoms with Gasteiger partial charge in [0, 0.05) is 25.0 Å². The van der Waals surface area contributed by atoms with E-state index in [2.05, 4.69) is 35.3 Å². The monoisotopic (exact) mass is 296 g/mol. The van der Waals surface area contributed by atoms with Crippen LogP contribution in [0.4, 0.5) is 0 Å². The van der Waals surface area contributed by atoms with Gasteiger partial charge in [-0.05, 0) is 50.2 Å². The van der Waals surface area contributed by atoms with E-state index in [1.807, 2.05) is 24.1 Å². The molecule has 1 aliphatic rings. The summed E-state index contributed by atoms with van der Waals surface area (Å²) in [6.07, 6.45) is 6.48. The molecule has 1 fully saturated rings. The highest BCUT2D eigenvalue weighted by molar-refractivity contribution is 5.95. The fourth-order valence-corrected chi connectivity index (χ4v) is 3.29. The van der Waals surface area contributed by atoms with E-state index in [1.165, 1.54) is 12.0 Å². The number of hydrogen-bond acceptors (Lipinski definition) is 1. The van der Waals surface area contributed by atoms with Gasteiger partial charge in [0.25, 0.3) is 5.91 Å². The van der Waals surface area contributed by atoms with Crippen molar-refractivity contribution in [1.29, 1.82) is 0 Å². The first kappa shape index (κ1) is 14.9. The lowest BCUT2D eigenvalue weighted by molar-refractivity contribution is 0.0686. The van der Waals surface area contributed by atoms with Gasteiger partial charge in [0.15, 0.2) is 0 Å². The number of hydrogen-bond donors (Lipinski definition) is 1. The number of likely N-dealkylation sites (tertiary alicyclic amines) is 1. The second-order valence-electron chi connectivity index (χ2n) is 6.28. The minimum Gasteiger partial charge on any atom is -0.365 e. The lowest BCUT2D eigenvalue weighted by Gasteiger charge is -2.32. The standard InChI is InChI=1S/C19H24N2O/c1-15-18(9-12-20-15)19(22)21-13-10-17(11-14-21)8-7-16-5-3-2-4-6-16/h2-6,9,12,17,20H,7-8,10-11,13-14H2,1H3. The van der Waals surface area contributed by atoms with E-state index in [9.17, 15) is 4.79 Å². The van der Waals surface area contributed by atoms with Crippen LogP contribution in [-0.2, 0) is 6.42 Å². The molecule has 0 radical (unpaired) electrons. The Kier molecular flexibility index (Phi) is 4.62. The summed E-state index contributed by atoms with van der Waals surface area (Å²) in [5, 5.41) is 0. The van der Waals surface area contributed by atoms with E-state index < -0.39 is 0 Å². The number of H-pyrrole nitrogens is 1. The Morgan fingerprint density at radius 1 is 1.18 bits per heavy atom. The quantitative estimate of drug-likeness (QED) is 0.915. The van der Waals surface area contributed by atoms with Crippen molar-refractivity contribution in [2.75, 3.05) is 13.1 Å². The maximum atomic E-state index is 12.5. The van der Waals surface area contributed by atoms with Crippen LogP contribution < -0.4 is 0 Å². The highest BCUT2D eigenvalue weighted by atomic mass is 16.2. The summed E-state index contributed by atoms with van der Waals surface area (Å²) in [4.78, 5) is 17.6. The molecule has 0 spiro atoms. The molecular weight excluding hydrogens is 272 g/mol. The predicted octanol–water partition coefficient (Wildman–Crippen LogP) is 3.81. The summed E-state index contributed by atoms with van der Waals surface area (Å²) in [5.74, 6) is 0.928. The second kappa shape index (κ2) is 6.82. The molecule has 2 aromatic rings. The molecule has 0 atom stereocenters. The zero-order chi connectivity index (χ0) is 15.4. The van der Waals surface area contributed by atoms with E-state index in [1.54, 1.807) is 0 Å². The van der Waals surface area contributed by atoms with E-state index in [4.69, 9.17) is 0 Å². The number of piperidine rings is 1. The Morgan fingerprint density at radius 3 is 2.55 bits per heavy atom. The van der Waals surface area contributed by atoms with Gasteiger partial charge in [0.2, 0.25) is 0 Å². The SMILES string of the molecule is Cc1[nH]ccc1C(=O)N1CCC(CCc2ccccc2)CC1. The van der Waals surface area contributed by atoms with Crippen LogP contribution >= 0.6 is 0 Å². The average molecular weight is 296 g/mol. The summed E-state index contributed by atoms with van der Waals surface area (Å²) >= 11 is 0. The molecule has 3 nitrogen and oxygen atoms in total. The number of aryl methyl sites for hydroxylation is 2. The number of carbonyl (C=O) groups is 1. The third-order valence-electron chi connectivity index (χ3n) is 4.77. The van der Waals surface area contributed by atoms with Gasteiger partial charge in [-0.1, -0.05) is 30.3 Å². The number of aromatic amines is 1. The molecule has 3 heteroatoms. The van der Waals surface area contributed by atoms with Crippen LogP contribution in [0.15, 0.2) is 42.6 Å². The number of nitrogens with one attached hydrogen (secondary N) is 1. The molecule has 0 saturated carbocycles. The van der Waals surface area contributed by atoms with Crippen molar-refractivity contribution < 1.29 is 4.79 Å². The Hall–Kier alpha value is -2.03.